The molecule has 0 saturated heterocycles. The van der Waals surface area contributed by atoms with Crippen molar-refractivity contribution in [3.05, 3.63) is 23.5 Å². The summed E-state index contributed by atoms with van der Waals surface area (Å²) >= 11 is 0. The van der Waals surface area contributed by atoms with Crippen molar-refractivity contribution in [2.75, 3.05) is 7.11 Å². The fourth-order valence-corrected chi connectivity index (χ4v) is 1.92. The van der Waals surface area contributed by atoms with Crippen LogP contribution in [0.2, 0.25) is 0 Å². The number of aryl methyl sites for hydroxylation is 1. The Hall–Kier alpha value is -1.25. The summed E-state index contributed by atoms with van der Waals surface area (Å²) in [5, 5.41) is 0. The van der Waals surface area contributed by atoms with Crippen LogP contribution in [0.4, 0.5) is 0 Å². The van der Waals surface area contributed by atoms with E-state index in [9.17, 15) is 4.79 Å². The molecule has 1 aromatic rings. The maximum Gasteiger partial charge on any atom is 0.354 e. The molecule has 0 saturated carbocycles. The summed E-state index contributed by atoms with van der Waals surface area (Å²) in [5.41, 5.74) is 1.89. The van der Waals surface area contributed by atoms with Gasteiger partial charge < -0.3 is 9.30 Å². The second-order valence-electron chi connectivity index (χ2n) is 4.08. The summed E-state index contributed by atoms with van der Waals surface area (Å²) in [4.78, 5) is 11.6. The molecule has 90 valence electrons. The molecule has 1 rings (SSSR count). The summed E-state index contributed by atoms with van der Waals surface area (Å²) in [7, 11) is 1.43. The second-order valence-corrected chi connectivity index (χ2v) is 4.08. The highest BCUT2D eigenvalue weighted by Crippen LogP contribution is 2.21. The van der Waals surface area contributed by atoms with Gasteiger partial charge in [-0.1, -0.05) is 20.3 Å². The molecule has 1 atom stereocenters. The normalized spacial score (nSPS) is 12.5. The predicted octanol–water partition coefficient (Wildman–Crippen LogP) is 3.20. The van der Waals surface area contributed by atoms with Gasteiger partial charge in [-0.15, -0.1) is 0 Å². The lowest BCUT2D eigenvalue weighted by Gasteiger charge is -2.18. The first kappa shape index (κ1) is 12.8. The standard InChI is InChI=1S/C13H21NO2/c1-5-7-11-8-9-12(13(15)16-4)14(11)10(3)6-2/h8-10H,5-7H2,1-4H3/t10-/m1/s1. The van der Waals surface area contributed by atoms with Crippen molar-refractivity contribution in [3.8, 4) is 0 Å². The Bertz CT molecular complexity index is 355. The third-order valence-electron chi connectivity index (χ3n) is 2.93. The first-order chi connectivity index (χ1) is 7.65. The SMILES string of the molecule is CCCc1ccc(C(=O)OC)n1[C@H](C)CC. The number of methoxy groups -OCH3 is 1. The van der Waals surface area contributed by atoms with E-state index in [1.54, 1.807) is 0 Å². The first-order valence-corrected chi connectivity index (χ1v) is 5.94. The Morgan fingerprint density at radius 3 is 2.62 bits per heavy atom. The van der Waals surface area contributed by atoms with Gasteiger partial charge in [-0.2, -0.15) is 0 Å². The summed E-state index contributed by atoms with van der Waals surface area (Å²) in [6, 6.07) is 4.23. The third kappa shape index (κ3) is 2.46. The average Bonchev–Trinajstić information content (AvgIpc) is 2.71. The summed E-state index contributed by atoms with van der Waals surface area (Å²) < 4.78 is 6.91. The Balaban J connectivity index is 3.13. The zero-order chi connectivity index (χ0) is 12.1. The molecule has 0 aliphatic rings. The highest BCUT2D eigenvalue weighted by Gasteiger charge is 2.17. The van der Waals surface area contributed by atoms with Crippen LogP contribution < -0.4 is 0 Å². The Labute approximate surface area is 97.4 Å². The molecule has 0 bridgehead atoms. The highest BCUT2D eigenvalue weighted by molar-refractivity contribution is 5.87. The van der Waals surface area contributed by atoms with E-state index in [0.29, 0.717) is 11.7 Å². The van der Waals surface area contributed by atoms with Crippen molar-refractivity contribution < 1.29 is 9.53 Å². The van der Waals surface area contributed by atoms with Gasteiger partial charge in [-0.05, 0) is 31.9 Å². The zero-order valence-corrected chi connectivity index (χ0v) is 10.6. The van der Waals surface area contributed by atoms with Crippen LogP contribution in [0.3, 0.4) is 0 Å². The smallest absolute Gasteiger partial charge is 0.354 e. The van der Waals surface area contributed by atoms with Crippen LogP contribution in [-0.4, -0.2) is 17.6 Å². The van der Waals surface area contributed by atoms with Crippen LogP contribution in [0.15, 0.2) is 12.1 Å². The van der Waals surface area contributed by atoms with Crippen LogP contribution in [0.25, 0.3) is 0 Å². The van der Waals surface area contributed by atoms with Crippen LogP contribution in [0.5, 0.6) is 0 Å². The lowest BCUT2D eigenvalue weighted by molar-refractivity contribution is 0.0585. The summed E-state index contributed by atoms with van der Waals surface area (Å²) in [6.07, 6.45) is 3.10. The summed E-state index contributed by atoms with van der Waals surface area (Å²) in [5.74, 6) is -0.248. The monoisotopic (exact) mass is 223 g/mol. The fraction of sp³-hybridized carbons (Fsp3) is 0.615. The molecule has 0 aliphatic heterocycles. The van der Waals surface area contributed by atoms with E-state index in [4.69, 9.17) is 4.74 Å². The largest absolute Gasteiger partial charge is 0.464 e. The molecule has 0 unspecified atom stereocenters. The number of rotatable bonds is 5. The molecular formula is C13H21NO2. The highest BCUT2D eigenvalue weighted by atomic mass is 16.5. The molecule has 0 radical (unpaired) electrons. The number of aromatic nitrogens is 1. The van der Waals surface area contributed by atoms with Gasteiger partial charge in [0, 0.05) is 11.7 Å². The Morgan fingerprint density at radius 1 is 1.44 bits per heavy atom. The molecule has 0 aliphatic carbocycles. The fourth-order valence-electron chi connectivity index (χ4n) is 1.92. The van der Waals surface area contributed by atoms with Crippen LogP contribution in [0, 0.1) is 0 Å². The van der Waals surface area contributed by atoms with Crippen LogP contribution in [-0.2, 0) is 11.2 Å². The lowest BCUT2D eigenvalue weighted by Crippen LogP contribution is -2.16. The number of carbonyl (C=O) groups excluding carboxylic acids is 1. The Morgan fingerprint density at radius 2 is 2.12 bits per heavy atom. The molecule has 16 heavy (non-hydrogen) atoms. The molecule has 0 N–H and O–H groups in total. The van der Waals surface area contributed by atoms with Gasteiger partial charge >= 0.3 is 5.97 Å². The molecule has 0 fully saturated rings. The maximum absolute atomic E-state index is 11.6. The summed E-state index contributed by atoms with van der Waals surface area (Å²) in [6.45, 7) is 6.40. The minimum absolute atomic E-state index is 0.248. The maximum atomic E-state index is 11.6. The lowest BCUT2D eigenvalue weighted by atomic mass is 10.2. The number of nitrogens with zero attached hydrogens (tertiary/aromatic N) is 1. The van der Waals surface area contributed by atoms with Gasteiger partial charge in [0.1, 0.15) is 5.69 Å². The quantitative estimate of drug-likeness (QED) is 0.718. The van der Waals surface area contributed by atoms with E-state index in [0.717, 1.165) is 19.3 Å². The topological polar surface area (TPSA) is 31.2 Å². The minimum atomic E-state index is -0.248. The molecule has 0 aromatic carbocycles. The molecular weight excluding hydrogens is 202 g/mol. The van der Waals surface area contributed by atoms with E-state index in [1.807, 2.05) is 12.1 Å². The van der Waals surface area contributed by atoms with Gasteiger partial charge in [-0.3, -0.25) is 0 Å². The van der Waals surface area contributed by atoms with Crippen molar-refractivity contribution in [1.29, 1.82) is 0 Å². The number of hydrogen-bond acceptors (Lipinski definition) is 2. The van der Waals surface area contributed by atoms with Crippen molar-refractivity contribution in [2.24, 2.45) is 0 Å². The van der Waals surface area contributed by atoms with E-state index in [1.165, 1.54) is 12.8 Å². The van der Waals surface area contributed by atoms with E-state index in [-0.39, 0.29) is 5.97 Å². The van der Waals surface area contributed by atoms with Crippen molar-refractivity contribution in [2.45, 2.75) is 46.1 Å². The minimum Gasteiger partial charge on any atom is -0.464 e. The predicted molar refractivity (Wildman–Crippen MR) is 64.8 cm³/mol. The molecule has 3 nitrogen and oxygen atoms in total. The second kappa shape index (κ2) is 5.73. The Kier molecular flexibility index (Phi) is 4.59. The third-order valence-corrected chi connectivity index (χ3v) is 2.93. The molecule has 1 aromatic heterocycles. The zero-order valence-electron chi connectivity index (χ0n) is 10.6. The van der Waals surface area contributed by atoms with Crippen LogP contribution in [0.1, 0.15) is 55.8 Å². The van der Waals surface area contributed by atoms with Crippen molar-refractivity contribution in [3.63, 3.8) is 0 Å². The number of esters is 1. The van der Waals surface area contributed by atoms with Gasteiger partial charge in [0.25, 0.3) is 0 Å². The van der Waals surface area contributed by atoms with Gasteiger partial charge in [0.15, 0.2) is 0 Å². The van der Waals surface area contributed by atoms with Crippen molar-refractivity contribution in [1.82, 2.24) is 4.57 Å². The average molecular weight is 223 g/mol. The van der Waals surface area contributed by atoms with Gasteiger partial charge in [-0.25, -0.2) is 4.79 Å². The van der Waals surface area contributed by atoms with E-state index in [2.05, 4.69) is 25.3 Å². The molecule has 0 spiro atoms. The molecule has 1 heterocycles. The van der Waals surface area contributed by atoms with Gasteiger partial charge in [0.2, 0.25) is 0 Å². The van der Waals surface area contributed by atoms with Gasteiger partial charge in [0.05, 0.1) is 7.11 Å². The number of hydrogen-bond donors (Lipinski definition) is 0. The van der Waals surface area contributed by atoms with Crippen LogP contribution >= 0.6 is 0 Å². The molecule has 0 amide bonds. The molecule has 3 heteroatoms. The number of ether oxygens (including phenoxy) is 1. The van der Waals surface area contributed by atoms with E-state index < -0.39 is 0 Å². The number of carbonyl (C=O) groups is 1. The van der Waals surface area contributed by atoms with E-state index >= 15 is 0 Å². The van der Waals surface area contributed by atoms with Crippen molar-refractivity contribution >= 4 is 5.97 Å². The first-order valence-electron chi connectivity index (χ1n) is 5.94.